The fourth-order valence-corrected chi connectivity index (χ4v) is 3.53. The number of hydrogen-bond donors (Lipinski definition) is 1. The Kier molecular flexibility index (Phi) is 3.42. The second kappa shape index (κ2) is 5.04. The van der Waals surface area contributed by atoms with Gasteiger partial charge in [-0.1, -0.05) is 41.4 Å². The molecule has 0 aromatic heterocycles. The summed E-state index contributed by atoms with van der Waals surface area (Å²) < 4.78 is 0. The fourth-order valence-electron chi connectivity index (χ4n) is 2.07. The first-order valence-corrected chi connectivity index (χ1v) is 7.41. The molecule has 0 aliphatic carbocycles. The molecule has 92 valence electrons. The van der Waals surface area contributed by atoms with Gasteiger partial charge in [0.1, 0.15) is 0 Å². The lowest BCUT2D eigenvalue weighted by atomic mass is 10.1. The zero-order valence-electron chi connectivity index (χ0n) is 9.49. The second-order valence-corrected chi connectivity index (χ2v) is 6.05. The molecule has 0 radical (unpaired) electrons. The van der Waals surface area contributed by atoms with Crippen molar-refractivity contribution < 1.29 is 0 Å². The van der Waals surface area contributed by atoms with Crippen LogP contribution in [0.5, 0.6) is 0 Å². The van der Waals surface area contributed by atoms with Crippen molar-refractivity contribution in [1.82, 2.24) is 0 Å². The molecule has 1 aliphatic rings. The van der Waals surface area contributed by atoms with E-state index in [-0.39, 0.29) is 0 Å². The SMILES string of the molecule is Clc1ccc(NC2CSc3ccccc32)cc1Cl. The van der Waals surface area contributed by atoms with Crippen LogP contribution in [-0.4, -0.2) is 5.75 Å². The lowest BCUT2D eigenvalue weighted by Gasteiger charge is -2.15. The highest BCUT2D eigenvalue weighted by Gasteiger charge is 2.22. The third-order valence-corrected chi connectivity index (χ3v) is 4.88. The average Bonchev–Trinajstić information content (AvgIpc) is 2.78. The first kappa shape index (κ1) is 12.2. The van der Waals surface area contributed by atoms with Crippen LogP contribution in [0.1, 0.15) is 11.6 Å². The molecular formula is C14H11Cl2NS. The van der Waals surface area contributed by atoms with Crippen LogP contribution in [-0.2, 0) is 0 Å². The molecule has 2 aromatic rings. The van der Waals surface area contributed by atoms with E-state index in [0.29, 0.717) is 16.1 Å². The predicted molar refractivity (Wildman–Crippen MR) is 80.0 cm³/mol. The van der Waals surface area contributed by atoms with Crippen LogP contribution in [0.25, 0.3) is 0 Å². The highest BCUT2D eigenvalue weighted by Crippen LogP contribution is 2.40. The van der Waals surface area contributed by atoms with E-state index < -0.39 is 0 Å². The molecule has 0 saturated carbocycles. The van der Waals surface area contributed by atoms with Gasteiger partial charge in [-0.25, -0.2) is 0 Å². The molecule has 0 saturated heterocycles. The van der Waals surface area contributed by atoms with Gasteiger partial charge in [-0.05, 0) is 29.8 Å². The monoisotopic (exact) mass is 295 g/mol. The molecule has 1 aliphatic heterocycles. The Labute approximate surface area is 120 Å². The van der Waals surface area contributed by atoms with Gasteiger partial charge in [-0.15, -0.1) is 11.8 Å². The Morgan fingerprint density at radius 3 is 2.72 bits per heavy atom. The number of halogens is 2. The van der Waals surface area contributed by atoms with Crippen LogP contribution in [0, 0.1) is 0 Å². The molecule has 0 bridgehead atoms. The molecule has 4 heteroatoms. The van der Waals surface area contributed by atoms with E-state index >= 15 is 0 Å². The van der Waals surface area contributed by atoms with Crippen molar-refractivity contribution in [3.8, 4) is 0 Å². The van der Waals surface area contributed by atoms with Crippen molar-refractivity contribution in [2.24, 2.45) is 0 Å². The molecule has 0 fully saturated rings. The van der Waals surface area contributed by atoms with Crippen molar-refractivity contribution in [2.75, 3.05) is 11.1 Å². The summed E-state index contributed by atoms with van der Waals surface area (Å²) in [4.78, 5) is 1.36. The molecule has 3 rings (SSSR count). The normalized spacial score (nSPS) is 17.6. The minimum absolute atomic E-state index is 0.337. The van der Waals surface area contributed by atoms with E-state index in [9.17, 15) is 0 Å². The first-order valence-electron chi connectivity index (χ1n) is 5.67. The van der Waals surface area contributed by atoms with Crippen molar-refractivity contribution in [3.05, 3.63) is 58.1 Å². The Hall–Kier alpha value is -0.830. The lowest BCUT2D eigenvalue weighted by molar-refractivity contribution is 0.900. The molecule has 2 aromatic carbocycles. The quantitative estimate of drug-likeness (QED) is 0.812. The summed E-state index contributed by atoms with van der Waals surface area (Å²) in [5.74, 6) is 1.04. The van der Waals surface area contributed by atoms with Gasteiger partial charge in [0, 0.05) is 16.3 Å². The van der Waals surface area contributed by atoms with Crippen molar-refractivity contribution in [3.63, 3.8) is 0 Å². The van der Waals surface area contributed by atoms with Gasteiger partial charge in [0.05, 0.1) is 16.1 Å². The largest absolute Gasteiger partial charge is 0.377 e. The van der Waals surface area contributed by atoms with Crippen LogP contribution in [0.2, 0.25) is 10.0 Å². The van der Waals surface area contributed by atoms with Crippen LogP contribution in [0.4, 0.5) is 5.69 Å². The van der Waals surface area contributed by atoms with E-state index in [2.05, 4.69) is 29.6 Å². The number of nitrogens with one attached hydrogen (secondary N) is 1. The Morgan fingerprint density at radius 2 is 1.89 bits per heavy atom. The number of fused-ring (bicyclic) bond motifs is 1. The summed E-state index contributed by atoms with van der Waals surface area (Å²) in [7, 11) is 0. The summed E-state index contributed by atoms with van der Waals surface area (Å²) in [5.41, 5.74) is 2.36. The van der Waals surface area contributed by atoms with Crippen molar-refractivity contribution >= 4 is 40.7 Å². The Bertz CT molecular complexity index is 586. The second-order valence-electron chi connectivity index (χ2n) is 4.17. The third kappa shape index (κ3) is 2.33. The summed E-state index contributed by atoms with van der Waals surface area (Å²) in [6.07, 6.45) is 0. The zero-order chi connectivity index (χ0) is 12.5. The molecular weight excluding hydrogens is 285 g/mol. The topological polar surface area (TPSA) is 12.0 Å². The smallest absolute Gasteiger partial charge is 0.0618 e. The minimum Gasteiger partial charge on any atom is -0.377 e. The van der Waals surface area contributed by atoms with Crippen LogP contribution < -0.4 is 5.32 Å². The fraction of sp³-hybridized carbons (Fsp3) is 0.143. The first-order chi connectivity index (χ1) is 8.74. The van der Waals surface area contributed by atoms with E-state index in [1.165, 1.54) is 10.5 Å². The van der Waals surface area contributed by atoms with E-state index in [0.717, 1.165) is 11.4 Å². The third-order valence-electron chi connectivity index (χ3n) is 2.96. The van der Waals surface area contributed by atoms with Crippen LogP contribution >= 0.6 is 35.0 Å². The molecule has 1 atom stereocenters. The zero-order valence-corrected chi connectivity index (χ0v) is 11.8. The Morgan fingerprint density at radius 1 is 1.06 bits per heavy atom. The van der Waals surface area contributed by atoms with Crippen LogP contribution in [0.3, 0.4) is 0 Å². The number of hydrogen-bond acceptors (Lipinski definition) is 2. The maximum Gasteiger partial charge on any atom is 0.0618 e. The summed E-state index contributed by atoms with van der Waals surface area (Å²) in [6.45, 7) is 0. The predicted octanol–water partition coefficient (Wildman–Crippen LogP) is 5.25. The lowest BCUT2D eigenvalue weighted by Crippen LogP contribution is -2.09. The van der Waals surface area contributed by atoms with Crippen LogP contribution in [0.15, 0.2) is 47.4 Å². The van der Waals surface area contributed by atoms with Gasteiger partial charge < -0.3 is 5.32 Å². The van der Waals surface area contributed by atoms with Crippen molar-refractivity contribution in [1.29, 1.82) is 0 Å². The van der Waals surface area contributed by atoms with Gasteiger partial charge in [0.15, 0.2) is 0 Å². The summed E-state index contributed by atoms with van der Waals surface area (Å²) in [6, 6.07) is 14.5. The summed E-state index contributed by atoms with van der Waals surface area (Å²) in [5, 5.41) is 4.67. The van der Waals surface area contributed by atoms with Gasteiger partial charge in [-0.3, -0.25) is 0 Å². The van der Waals surface area contributed by atoms with E-state index in [1.807, 2.05) is 30.0 Å². The van der Waals surface area contributed by atoms with Crippen molar-refractivity contribution in [2.45, 2.75) is 10.9 Å². The number of benzene rings is 2. The molecule has 1 nitrogen and oxygen atoms in total. The maximum atomic E-state index is 6.02. The van der Waals surface area contributed by atoms with Gasteiger partial charge in [-0.2, -0.15) is 0 Å². The standard InChI is InChI=1S/C14H11Cl2NS/c15-11-6-5-9(7-12(11)16)17-13-8-18-14-4-2-1-3-10(13)14/h1-7,13,17H,8H2. The number of anilines is 1. The molecule has 0 spiro atoms. The average molecular weight is 296 g/mol. The Balaban J connectivity index is 1.84. The van der Waals surface area contributed by atoms with Gasteiger partial charge in [0.2, 0.25) is 0 Å². The molecule has 1 N–H and O–H groups in total. The van der Waals surface area contributed by atoms with E-state index in [1.54, 1.807) is 0 Å². The van der Waals surface area contributed by atoms with E-state index in [4.69, 9.17) is 23.2 Å². The number of rotatable bonds is 2. The van der Waals surface area contributed by atoms with Gasteiger partial charge in [0.25, 0.3) is 0 Å². The molecule has 18 heavy (non-hydrogen) atoms. The highest BCUT2D eigenvalue weighted by molar-refractivity contribution is 7.99. The molecule has 1 unspecified atom stereocenters. The highest BCUT2D eigenvalue weighted by atomic mass is 35.5. The molecule has 0 amide bonds. The summed E-state index contributed by atoms with van der Waals surface area (Å²) >= 11 is 13.8. The minimum atomic E-state index is 0.337. The number of thioether (sulfide) groups is 1. The maximum absolute atomic E-state index is 6.02. The van der Waals surface area contributed by atoms with Gasteiger partial charge >= 0.3 is 0 Å². The molecule has 1 heterocycles.